The maximum Gasteiger partial charge on any atom is 0.199 e. The van der Waals surface area contributed by atoms with E-state index in [4.69, 9.17) is 0 Å². The first-order valence-corrected chi connectivity index (χ1v) is 10.2. The predicted octanol–water partition coefficient (Wildman–Crippen LogP) is 4.48. The Kier molecular flexibility index (Phi) is 6.48. The fourth-order valence-corrected chi connectivity index (χ4v) is 3.99. The van der Waals surface area contributed by atoms with Gasteiger partial charge in [-0.25, -0.2) is 8.78 Å². The van der Waals surface area contributed by atoms with E-state index in [2.05, 4.69) is 0 Å². The Hall–Kier alpha value is -2.13. The maximum atomic E-state index is 14.9. The molecule has 1 heterocycles. The molecule has 4 nitrogen and oxygen atoms in total. The molecule has 2 aromatic carbocycles. The fourth-order valence-electron chi connectivity index (χ4n) is 3.44. The lowest BCUT2D eigenvalue weighted by molar-refractivity contribution is 0.112. The molecular formula is C22H20F2INO3. The van der Waals surface area contributed by atoms with Crippen LogP contribution in [-0.4, -0.2) is 22.6 Å². The average Bonchev–Trinajstić information content (AvgIpc) is 2.68. The summed E-state index contributed by atoms with van der Waals surface area (Å²) in [6.45, 7) is 3.54. The molecular weight excluding hydrogens is 491 g/mol. The smallest absolute Gasteiger partial charge is 0.199 e. The monoisotopic (exact) mass is 511 g/mol. The quantitative estimate of drug-likeness (QED) is 0.393. The van der Waals surface area contributed by atoms with E-state index < -0.39 is 23.1 Å². The van der Waals surface area contributed by atoms with Gasteiger partial charge < -0.3 is 9.67 Å². The van der Waals surface area contributed by atoms with Gasteiger partial charge in [0.05, 0.1) is 23.7 Å². The summed E-state index contributed by atoms with van der Waals surface area (Å²) < 4.78 is 31.3. The molecule has 0 spiro atoms. The van der Waals surface area contributed by atoms with Gasteiger partial charge in [-0.1, -0.05) is 26.0 Å². The highest BCUT2D eigenvalue weighted by atomic mass is 127. The number of aliphatic hydroxyl groups is 1. The minimum atomic E-state index is -0.580. The van der Waals surface area contributed by atoms with Crippen molar-refractivity contribution in [1.82, 2.24) is 4.57 Å². The summed E-state index contributed by atoms with van der Waals surface area (Å²) in [5, 5.41) is 9.96. The van der Waals surface area contributed by atoms with Crippen molar-refractivity contribution in [3.05, 3.63) is 78.6 Å². The van der Waals surface area contributed by atoms with Gasteiger partial charge in [-0.15, -0.1) is 0 Å². The number of aliphatic hydroxyl groups excluding tert-OH is 1. The Morgan fingerprint density at radius 3 is 2.55 bits per heavy atom. The number of pyridine rings is 1. The third-order valence-corrected chi connectivity index (χ3v) is 5.91. The van der Waals surface area contributed by atoms with Crippen LogP contribution in [0.4, 0.5) is 8.78 Å². The zero-order valence-corrected chi connectivity index (χ0v) is 18.1. The summed E-state index contributed by atoms with van der Waals surface area (Å²) in [7, 11) is 0. The van der Waals surface area contributed by atoms with Gasteiger partial charge in [0.1, 0.15) is 11.6 Å². The Morgan fingerprint density at radius 2 is 1.93 bits per heavy atom. The van der Waals surface area contributed by atoms with Gasteiger partial charge >= 0.3 is 0 Å². The molecule has 0 saturated heterocycles. The Morgan fingerprint density at radius 1 is 1.21 bits per heavy atom. The van der Waals surface area contributed by atoms with Crippen LogP contribution in [0.1, 0.15) is 41.4 Å². The van der Waals surface area contributed by atoms with Gasteiger partial charge in [-0.05, 0) is 57.8 Å². The van der Waals surface area contributed by atoms with Crippen molar-refractivity contribution < 1.29 is 18.7 Å². The highest BCUT2D eigenvalue weighted by molar-refractivity contribution is 14.1. The fraction of sp³-hybridized carbons (Fsp3) is 0.273. The number of halogens is 3. The van der Waals surface area contributed by atoms with Gasteiger partial charge in [0.25, 0.3) is 0 Å². The topological polar surface area (TPSA) is 59.3 Å². The molecule has 0 aliphatic heterocycles. The molecule has 29 heavy (non-hydrogen) atoms. The highest BCUT2D eigenvalue weighted by Gasteiger charge is 2.20. The summed E-state index contributed by atoms with van der Waals surface area (Å²) in [6.07, 6.45) is 1.79. The largest absolute Gasteiger partial charge is 0.394 e. The molecule has 152 valence electrons. The number of aromatic nitrogens is 1. The maximum absolute atomic E-state index is 14.9. The molecule has 0 fully saturated rings. The second kappa shape index (κ2) is 8.71. The zero-order valence-electron chi connectivity index (χ0n) is 16.0. The SMILES string of the molecule is CC(C)[C@H](CO)n1cc(C=O)c(=O)c2cc(Cc3cccc(I)c3F)c(F)cc21. The lowest BCUT2D eigenvalue weighted by Crippen LogP contribution is -2.24. The molecule has 1 aromatic heterocycles. The lowest BCUT2D eigenvalue weighted by Gasteiger charge is -2.25. The molecule has 3 rings (SSSR count). The van der Waals surface area contributed by atoms with Crippen LogP contribution < -0.4 is 5.43 Å². The number of aldehydes is 1. The van der Waals surface area contributed by atoms with Crippen molar-refractivity contribution in [2.45, 2.75) is 26.3 Å². The number of rotatable bonds is 6. The number of carbonyl (C=O) groups excluding carboxylic acids is 1. The van der Waals surface area contributed by atoms with Crippen LogP contribution in [0, 0.1) is 21.1 Å². The minimum absolute atomic E-state index is 0.0200. The van der Waals surface area contributed by atoms with Crippen molar-refractivity contribution >= 4 is 39.8 Å². The molecule has 1 N–H and O–H groups in total. The van der Waals surface area contributed by atoms with Gasteiger partial charge in [-0.2, -0.15) is 0 Å². The third-order valence-electron chi connectivity index (χ3n) is 5.08. The molecule has 0 aliphatic carbocycles. The molecule has 1 atom stereocenters. The van der Waals surface area contributed by atoms with Crippen LogP contribution in [0.2, 0.25) is 0 Å². The number of benzene rings is 2. The van der Waals surface area contributed by atoms with Crippen molar-refractivity contribution in [2.75, 3.05) is 6.61 Å². The molecule has 0 unspecified atom stereocenters. The normalized spacial score (nSPS) is 12.5. The second-order valence-corrected chi connectivity index (χ2v) is 8.45. The molecule has 0 radical (unpaired) electrons. The third kappa shape index (κ3) is 4.11. The first kappa shape index (κ1) is 21.6. The van der Waals surface area contributed by atoms with E-state index >= 15 is 0 Å². The van der Waals surface area contributed by atoms with Gasteiger partial charge in [0.2, 0.25) is 0 Å². The number of fused-ring (bicyclic) bond motifs is 1. The molecule has 0 amide bonds. The molecule has 0 saturated carbocycles. The van der Waals surface area contributed by atoms with Crippen molar-refractivity contribution in [2.24, 2.45) is 5.92 Å². The van der Waals surface area contributed by atoms with Crippen LogP contribution >= 0.6 is 22.6 Å². The number of nitrogens with zero attached hydrogens (tertiary/aromatic N) is 1. The van der Waals surface area contributed by atoms with E-state index in [1.54, 1.807) is 22.8 Å². The van der Waals surface area contributed by atoms with E-state index in [1.807, 2.05) is 36.4 Å². The molecule has 0 aliphatic rings. The van der Waals surface area contributed by atoms with E-state index in [0.29, 0.717) is 15.4 Å². The van der Waals surface area contributed by atoms with Crippen LogP contribution in [0.25, 0.3) is 10.9 Å². The van der Waals surface area contributed by atoms with Crippen LogP contribution in [0.15, 0.2) is 41.3 Å². The predicted molar refractivity (Wildman–Crippen MR) is 116 cm³/mol. The summed E-state index contributed by atoms with van der Waals surface area (Å²) in [5.41, 5.74) is 0.177. The molecule has 3 aromatic rings. The standard InChI is InChI=1S/C22H20F2INO3/c1-12(2)20(11-28)26-9-15(10-27)22(29)16-7-14(17(23)8-19(16)26)6-13-4-3-5-18(25)21(13)24/h3-5,7-10,12,20,28H,6,11H2,1-2H3/t20-/m0/s1. The van der Waals surface area contributed by atoms with Gasteiger partial charge in [0, 0.05) is 21.6 Å². The highest BCUT2D eigenvalue weighted by Crippen LogP contribution is 2.27. The minimum Gasteiger partial charge on any atom is -0.394 e. The van der Waals surface area contributed by atoms with Crippen molar-refractivity contribution in [3.63, 3.8) is 0 Å². The zero-order chi connectivity index (χ0) is 21.3. The summed E-state index contributed by atoms with van der Waals surface area (Å²) in [6, 6.07) is 7.04. The Balaban J connectivity index is 2.25. The van der Waals surface area contributed by atoms with Crippen LogP contribution in [0.3, 0.4) is 0 Å². The molecule has 0 bridgehead atoms. The Labute approximate surface area is 180 Å². The van der Waals surface area contributed by atoms with Crippen molar-refractivity contribution in [1.29, 1.82) is 0 Å². The first-order valence-electron chi connectivity index (χ1n) is 9.14. The van der Waals surface area contributed by atoms with E-state index in [-0.39, 0.29) is 41.0 Å². The van der Waals surface area contributed by atoms with Gasteiger partial charge in [-0.3, -0.25) is 9.59 Å². The number of hydrogen-bond acceptors (Lipinski definition) is 3. The van der Waals surface area contributed by atoms with E-state index in [0.717, 1.165) is 0 Å². The second-order valence-electron chi connectivity index (χ2n) is 7.28. The average molecular weight is 511 g/mol. The molecule has 7 heteroatoms. The summed E-state index contributed by atoms with van der Waals surface area (Å²) in [4.78, 5) is 24.2. The number of hydrogen-bond donors (Lipinski definition) is 1. The summed E-state index contributed by atoms with van der Waals surface area (Å²) >= 11 is 1.87. The van der Waals surface area contributed by atoms with Crippen LogP contribution in [-0.2, 0) is 6.42 Å². The van der Waals surface area contributed by atoms with Gasteiger partial charge in [0.15, 0.2) is 11.7 Å². The number of carbonyl (C=O) groups is 1. The first-order chi connectivity index (χ1) is 13.8. The van der Waals surface area contributed by atoms with E-state index in [9.17, 15) is 23.5 Å². The van der Waals surface area contributed by atoms with Crippen LogP contribution in [0.5, 0.6) is 0 Å². The van der Waals surface area contributed by atoms with E-state index in [1.165, 1.54) is 18.3 Å². The summed E-state index contributed by atoms with van der Waals surface area (Å²) in [5.74, 6) is -1.02. The Bertz CT molecular complexity index is 1140. The van der Waals surface area contributed by atoms with Crippen molar-refractivity contribution in [3.8, 4) is 0 Å². The lowest BCUT2D eigenvalue weighted by atomic mass is 9.99.